The van der Waals surface area contributed by atoms with Gasteiger partial charge in [0.05, 0.1) is 0 Å². The third-order valence-corrected chi connectivity index (χ3v) is 2.06. The summed E-state index contributed by atoms with van der Waals surface area (Å²) in [5.41, 5.74) is 5.71. The van der Waals surface area contributed by atoms with E-state index < -0.39 is 18.9 Å². The molecule has 0 amide bonds. The molecule has 1 rings (SSSR count). The van der Waals surface area contributed by atoms with Gasteiger partial charge in [-0.25, -0.2) is 8.78 Å². The van der Waals surface area contributed by atoms with Gasteiger partial charge in [-0.05, 0) is 18.2 Å². The zero-order valence-electron chi connectivity index (χ0n) is 7.66. The molecule has 0 saturated heterocycles. The predicted molar refractivity (Wildman–Crippen MR) is 57.9 cm³/mol. The molecule has 3 N–H and O–H groups in total. The maximum Gasteiger partial charge on any atom is 0.240 e. The van der Waals surface area contributed by atoms with Gasteiger partial charge in [-0.3, -0.25) is 0 Å². The van der Waals surface area contributed by atoms with Gasteiger partial charge in [0, 0.05) is 23.0 Å². The Morgan fingerprint density at radius 1 is 1.40 bits per heavy atom. The van der Waals surface area contributed by atoms with E-state index >= 15 is 0 Å². The van der Waals surface area contributed by atoms with Gasteiger partial charge >= 0.3 is 0 Å². The van der Waals surface area contributed by atoms with Gasteiger partial charge in [-0.1, -0.05) is 11.6 Å². The number of aromatic hydroxyl groups is 1. The van der Waals surface area contributed by atoms with Crippen LogP contribution in [0.3, 0.4) is 0 Å². The Balaban J connectivity index is 0.00000196. The molecule has 6 heteroatoms. The summed E-state index contributed by atoms with van der Waals surface area (Å²) in [6.07, 6.45) is -2.99. The maximum atomic E-state index is 12.0. The fraction of sp³-hybridized carbons (Fsp3) is 0.333. The van der Waals surface area contributed by atoms with Crippen LogP contribution in [-0.2, 0) is 0 Å². The highest BCUT2D eigenvalue weighted by Crippen LogP contribution is 2.28. The number of nitrogens with two attached hydrogens (primary N) is 1. The number of halogens is 4. The number of benzene rings is 1. The van der Waals surface area contributed by atoms with E-state index in [4.69, 9.17) is 17.3 Å². The minimum Gasteiger partial charge on any atom is -0.508 e. The van der Waals surface area contributed by atoms with Gasteiger partial charge in [-0.2, -0.15) is 0 Å². The van der Waals surface area contributed by atoms with E-state index in [2.05, 4.69) is 0 Å². The third-order valence-electron chi connectivity index (χ3n) is 1.82. The van der Waals surface area contributed by atoms with Crippen LogP contribution in [0.4, 0.5) is 8.78 Å². The highest BCUT2D eigenvalue weighted by atomic mass is 35.5. The van der Waals surface area contributed by atoms with Crippen LogP contribution in [0.5, 0.6) is 5.75 Å². The number of alkyl halides is 2. The maximum absolute atomic E-state index is 12.0. The molecule has 0 aromatic heterocycles. The molecule has 2 nitrogen and oxygen atoms in total. The van der Waals surface area contributed by atoms with E-state index in [1.807, 2.05) is 0 Å². The largest absolute Gasteiger partial charge is 0.508 e. The second-order valence-electron chi connectivity index (χ2n) is 2.94. The standard InChI is InChI=1S/C9H10ClF2NO.ClH/c10-5-1-2-8(14)6(3-5)7(13)4-9(11)12;/h1-3,7,9,14H,4,13H2;1H/t7-;/m1./s1. The molecule has 0 fully saturated rings. The van der Waals surface area contributed by atoms with E-state index in [1.54, 1.807) is 0 Å². The van der Waals surface area contributed by atoms with Crippen molar-refractivity contribution in [1.82, 2.24) is 0 Å². The van der Waals surface area contributed by atoms with Crippen LogP contribution < -0.4 is 5.73 Å². The molecule has 0 bridgehead atoms. The monoisotopic (exact) mass is 257 g/mol. The van der Waals surface area contributed by atoms with Gasteiger partial charge in [0.25, 0.3) is 0 Å². The molecule has 1 aromatic rings. The first-order chi connectivity index (χ1) is 6.50. The lowest BCUT2D eigenvalue weighted by Gasteiger charge is -2.13. The summed E-state index contributed by atoms with van der Waals surface area (Å²) < 4.78 is 24.0. The molecule has 1 atom stereocenters. The van der Waals surface area contributed by atoms with Crippen molar-refractivity contribution in [3.05, 3.63) is 28.8 Å². The first-order valence-electron chi connectivity index (χ1n) is 4.03. The predicted octanol–water partition coefficient (Wildman–Crippen LogP) is 3.12. The van der Waals surface area contributed by atoms with Crippen molar-refractivity contribution in [2.75, 3.05) is 0 Å². The van der Waals surface area contributed by atoms with Crippen LogP contribution in [0.15, 0.2) is 18.2 Å². The lowest BCUT2D eigenvalue weighted by atomic mass is 10.0. The van der Waals surface area contributed by atoms with Crippen LogP contribution in [0.1, 0.15) is 18.0 Å². The molecule has 1 aromatic carbocycles. The number of rotatable bonds is 3. The zero-order valence-corrected chi connectivity index (χ0v) is 9.23. The summed E-state index contributed by atoms with van der Waals surface area (Å²) in [4.78, 5) is 0. The van der Waals surface area contributed by atoms with Gasteiger partial charge in [-0.15, -0.1) is 12.4 Å². The Morgan fingerprint density at radius 2 is 2.00 bits per heavy atom. The topological polar surface area (TPSA) is 46.2 Å². The van der Waals surface area contributed by atoms with Gasteiger partial charge < -0.3 is 10.8 Å². The molecule has 0 heterocycles. The Labute approximate surface area is 97.4 Å². The van der Waals surface area contributed by atoms with Crippen molar-refractivity contribution in [2.45, 2.75) is 18.9 Å². The molecular formula is C9H11Cl2F2NO. The Bertz CT molecular complexity index is 323. The molecule has 0 unspecified atom stereocenters. The lowest BCUT2D eigenvalue weighted by molar-refractivity contribution is 0.128. The number of phenols is 1. The van der Waals surface area contributed by atoms with Crippen molar-refractivity contribution in [1.29, 1.82) is 0 Å². The van der Waals surface area contributed by atoms with Crippen molar-refractivity contribution in [2.24, 2.45) is 5.73 Å². The number of hydrogen-bond donors (Lipinski definition) is 2. The Hall–Kier alpha value is -0.580. The molecule has 86 valence electrons. The fourth-order valence-corrected chi connectivity index (χ4v) is 1.32. The minimum atomic E-state index is -2.50. The normalized spacial score (nSPS) is 12.3. The van der Waals surface area contributed by atoms with E-state index in [0.29, 0.717) is 5.02 Å². The highest BCUT2D eigenvalue weighted by molar-refractivity contribution is 6.30. The molecule has 0 spiro atoms. The average Bonchev–Trinajstić information content (AvgIpc) is 2.08. The van der Waals surface area contributed by atoms with E-state index in [-0.39, 0.29) is 23.7 Å². The van der Waals surface area contributed by atoms with Crippen molar-refractivity contribution in [3.8, 4) is 5.75 Å². The second kappa shape index (κ2) is 6.10. The molecule has 0 aliphatic carbocycles. The zero-order chi connectivity index (χ0) is 10.7. The van der Waals surface area contributed by atoms with Crippen LogP contribution in [-0.4, -0.2) is 11.5 Å². The van der Waals surface area contributed by atoms with Crippen molar-refractivity contribution in [3.63, 3.8) is 0 Å². The Kier molecular flexibility index (Phi) is 5.87. The van der Waals surface area contributed by atoms with Crippen LogP contribution >= 0.6 is 24.0 Å². The lowest BCUT2D eigenvalue weighted by Crippen LogP contribution is -2.14. The fourth-order valence-electron chi connectivity index (χ4n) is 1.14. The van der Waals surface area contributed by atoms with Crippen LogP contribution in [0, 0.1) is 0 Å². The summed E-state index contributed by atoms with van der Waals surface area (Å²) in [6, 6.07) is 3.30. The Morgan fingerprint density at radius 3 is 2.53 bits per heavy atom. The summed E-state index contributed by atoms with van der Waals surface area (Å²) in [7, 11) is 0. The van der Waals surface area contributed by atoms with Gasteiger partial charge in [0.2, 0.25) is 6.43 Å². The van der Waals surface area contributed by atoms with Crippen LogP contribution in [0.2, 0.25) is 5.02 Å². The number of hydrogen-bond acceptors (Lipinski definition) is 2. The smallest absolute Gasteiger partial charge is 0.240 e. The van der Waals surface area contributed by atoms with Crippen LogP contribution in [0.25, 0.3) is 0 Å². The van der Waals surface area contributed by atoms with Gasteiger partial charge in [0.15, 0.2) is 0 Å². The highest BCUT2D eigenvalue weighted by Gasteiger charge is 2.16. The third kappa shape index (κ3) is 4.20. The summed E-state index contributed by atoms with van der Waals surface area (Å²) in [5.74, 6) is -0.109. The summed E-state index contributed by atoms with van der Waals surface area (Å²) in [6.45, 7) is 0. The van der Waals surface area contributed by atoms with E-state index in [9.17, 15) is 13.9 Å². The molecule has 0 aliphatic heterocycles. The quantitative estimate of drug-likeness (QED) is 0.874. The average molecular weight is 258 g/mol. The van der Waals surface area contributed by atoms with E-state index in [0.717, 1.165) is 0 Å². The number of phenolic OH excluding ortho intramolecular Hbond substituents is 1. The first-order valence-corrected chi connectivity index (χ1v) is 4.40. The summed E-state index contributed by atoms with van der Waals surface area (Å²) >= 11 is 5.64. The molecule has 15 heavy (non-hydrogen) atoms. The molecular weight excluding hydrogens is 247 g/mol. The van der Waals surface area contributed by atoms with Crippen molar-refractivity contribution >= 4 is 24.0 Å². The molecule has 0 aliphatic rings. The second-order valence-corrected chi connectivity index (χ2v) is 3.37. The van der Waals surface area contributed by atoms with Gasteiger partial charge in [0.1, 0.15) is 5.75 Å². The summed E-state index contributed by atoms with van der Waals surface area (Å²) in [5, 5.41) is 9.70. The first kappa shape index (κ1) is 14.4. The SMILES string of the molecule is Cl.N[C@H](CC(F)F)c1cc(Cl)ccc1O. The van der Waals surface area contributed by atoms with E-state index in [1.165, 1.54) is 18.2 Å². The minimum absolute atomic E-state index is 0. The van der Waals surface area contributed by atoms with Crippen molar-refractivity contribution < 1.29 is 13.9 Å². The molecule has 0 radical (unpaired) electrons. The molecule has 0 saturated carbocycles.